The van der Waals surface area contributed by atoms with Crippen LogP contribution >= 0.6 is 0 Å². The van der Waals surface area contributed by atoms with Crippen LogP contribution in [0.1, 0.15) is 37.5 Å². The minimum absolute atomic E-state index is 0.189. The molecule has 0 bridgehead atoms. The average Bonchev–Trinajstić information content (AvgIpc) is 3.08. The van der Waals surface area contributed by atoms with Crippen molar-refractivity contribution in [3.05, 3.63) is 101 Å². The van der Waals surface area contributed by atoms with Crippen molar-refractivity contribution in [3.63, 3.8) is 0 Å². The van der Waals surface area contributed by atoms with E-state index in [0.29, 0.717) is 13.2 Å². The van der Waals surface area contributed by atoms with Gasteiger partial charge in [-0.25, -0.2) is 0 Å². The van der Waals surface area contributed by atoms with E-state index in [2.05, 4.69) is 86.6 Å². The van der Waals surface area contributed by atoms with Gasteiger partial charge >= 0.3 is 0 Å². The summed E-state index contributed by atoms with van der Waals surface area (Å²) >= 11 is 0. The normalized spacial score (nSPS) is 12.8. The van der Waals surface area contributed by atoms with Crippen LogP contribution in [0.3, 0.4) is 0 Å². The van der Waals surface area contributed by atoms with Crippen LogP contribution in [0.5, 0.6) is 0 Å². The van der Waals surface area contributed by atoms with Crippen LogP contribution in [0.15, 0.2) is 89.4 Å². The molecule has 0 saturated heterocycles. The van der Waals surface area contributed by atoms with E-state index < -0.39 is 0 Å². The largest absolute Gasteiger partial charge is 0.377 e. The molecule has 0 fully saturated rings. The van der Waals surface area contributed by atoms with Gasteiger partial charge in [0, 0.05) is 23.8 Å². The molecule has 0 aliphatic heterocycles. The predicted octanol–water partition coefficient (Wildman–Crippen LogP) is 6.40. The summed E-state index contributed by atoms with van der Waals surface area (Å²) in [5.41, 5.74) is 9.64. The Labute approximate surface area is 173 Å². The fourth-order valence-corrected chi connectivity index (χ4v) is 3.99. The first kappa shape index (κ1) is 19.4. The number of fused-ring (bicyclic) bond motifs is 3. The van der Waals surface area contributed by atoms with E-state index in [-0.39, 0.29) is 6.04 Å². The monoisotopic (exact) mass is 381 g/mol. The van der Waals surface area contributed by atoms with Gasteiger partial charge in [-0.05, 0) is 48.6 Å². The molecule has 1 aliphatic carbocycles. The molecule has 0 atom stereocenters. The molecular formula is C27H27NO. The van der Waals surface area contributed by atoms with Gasteiger partial charge in [0.2, 0.25) is 0 Å². The molecule has 3 aromatic rings. The van der Waals surface area contributed by atoms with E-state index >= 15 is 0 Å². The first-order valence-corrected chi connectivity index (χ1v) is 10.3. The third-order valence-electron chi connectivity index (χ3n) is 5.16. The fourth-order valence-electron chi connectivity index (χ4n) is 3.99. The zero-order valence-electron chi connectivity index (χ0n) is 17.4. The van der Waals surface area contributed by atoms with E-state index in [0.717, 1.165) is 16.8 Å². The maximum Gasteiger partial charge on any atom is 0.0744 e. The highest BCUT2D eigenvalue weighted by molar-refractivity contribution is 6.20. The topological polar surface area (TPSA) is 21.6 Å². The van der Waals surface area contributed by atoms with E-state index in [1.807, 2.05) is 13.0 Å². The van der Waals surface area contributed by atoms with Gasteiger partial charge in [-0.2, -0.15) is 0 Å². The van der Waals surface area contributed by atoms with Gasteiger partial charge in [-0.1, -0.05) is 78.9 Å². The first-order chi connectivity index (χ1) is 14.2. The number of benzene rings is 3. The summed E-state index contributed by atoms with van der Waals surface area (Å²) in [6.07, 6.45) is 0. The van der Waals surface area contributed by atoms with Crippen molar-refractivity contribution < 1.29 is 4.74 Å². The second-order valence-corrected chi connectivity index (χ2v) is 7.52. The molecule has 0 unspecified atom stereocenters. The van der Waals surface area contributed by atoms with Gasteiger partial charge < -0.3 is 4.74 Å². The van der Waals surface area contributed by atoms with Crippen molar-refractivity contribution in [1.29, 1.82) is 0 Å². The lowest BCUT2D eigenvalue weighted by Crippen LogP contribution is -2.15. The molecule has 0 amide bonds. The number of nitrogens with zero attached hydrogens (tertiary/aromatic N) is 1. The van der Waals surface area contributed by atoms with Gasteiger partial charge in [0.1, 0.15) is 0 Å². The molecule has 146 valence electrons. The maximum absolute atomic E-state index is 5.98. The van der Waals surface area contributed by atoms with Gasteiger partial charge in [0.25, 0.3) is 0 Å². The summed E-state index contributed by atoms with van der Waals surface area (Å²) in [5.74, 6) is 0. The van der Waals surface area contributed by atoms with Gasteiger partial charge in [-0.3, -0.25) is 4.99 Å². The highest BCUT2D eigenvalue weighted by atomic mass is 16.5. The Morgan fingerprint density at radius 1 is 0.759 bits per heavy atom. The third-order valence-corrected chi connectivity index (χ3v) is 5.16. The average molecular weight is 382 g/mol. The van der Waals surface area contributed by atoms with Crippen molar-refractivity contribution in [2.75, 3.05) is 13.2 Å². The molecule has 0 spiro atoms. The van der Waals surface area contributed by atoms with Crippen molar-refractivity contribution in [1.82, 2.24) is 0 Å². The maximum atomic E-state index is 5.98. The quantitative estimate of drug-likeness (QED) is 0.354. The second-order valence-electron chi connectivity index (χ2n) is 7.52. The molecule has 4 rings (SSSR count). The van der Waals surface area contributed by atoms with Crippen LogP contribution < -0.4 is 0 Å². The minimum Gasteiger partial charge on any atom is -0.377 e. The predicted molar refractivity (Wildman–Crippen MR) is 123 cm³/mol. The summed E-state index contributed by atoms with van der Waals surface area (Å²) in [4.78, 5) is 5.07. The minimum atomic E-state index is 0.189. The molecule has 0 radical (unpaired) electrons. The van der Waals surface area contributed by atoms with Gasteiger partial charge in [0.15, 0.2) is 0 Å². The number of hydrogen-bond donors (Lipinski definition) is 0. The lowest BCUT2D eigenvalue weighted by atomic mass is 9.92. The Bertz CT molecular complexity index is 1010. The summed E-state index contributed by atoms with van der Waals surface area (Å²) in [7, 11) is 0. The molecule has 0 heterocycles. The second kappa shape index (κ2) is 8.59. The Balaban J connectivity index is 2.03. The Hall–Kier alpha value is -2.97. The zero-order valence-corrected chi connectivity index (χ0v) is 17.4. The van der Waals surface area contributed by atoms with E-state index in [9.17, 15) is 0 Å². The van der Waals surface area contributed by atoms with Crippen molar-refractivity contribution in [2.45, 2.75) is 26.8 Å². The highest BCUT2D eigenvalue weighted by Crippen LogP contribution is 2.46. The third kappa shape index (κ3) is 3.81. The molecule has 0 aromatic heterocycles. The lowest BCUT2D eigenvalue weighted by Gasteiger charge is -2.18. The number of hydrogen-bond acceptors (Lipinski definition) is 2. The SMILES string of the molecule is CCOCC(C(=NC(C)C)c1ccccc1)=C1c2ccccc2-c2ccccc21. The summed E-state index contributed by atoms with van der Waals surface area (Å²) in [5, 5.41) is 0. The molecule has 2 heteroatoms. The van der Waals surface area contributed by atoms with Crippen LogP contribution in [0.25, 0.3) is 16.7 Å². The van der Waals surface area contributed by atoms with Crippen LogP contribution in [-0.4, -0.2) is 25.0 Å². The smallest absolute Gasteiger partial charge is 0.0744 e. The Morgan fingerprint density at radius 3 is 1.79 bits per heavy atom. The molecule has 0 N–H and O–H groups in total. The summed E-state index contributed by atoms with van der Waals surface area (Å²) in [6, 6.07) is 28.0. The Kier molecular flexibility index (Phi) is 5.73. The zero-order chi connectivity index (χ0) is 20.2. The molecule has 0 saturated carbocycles. The van der Waals surface area contributed by atoms with Crippen LogP contribution in [0, 0.1) is 0 Å². The van der Waals surface area contributed by atoms with Crippen molar-refractivity contribution >= 4 is 11.3 Å². The number of aliphatic imine (C=N–C) groups is 1. The Morgan fingerprint density at radius 2 is 1.28 bits per heavy atom. The highest BCUT2D eigenvalue weighted by Gasteiger charge is 2.27. The van der Waals surface area contributed by atoms with Crippen molar-refractivity contribution in [2.24, 2.45) is 4.99 Å². The van der Waals surface area contributed by atoms with Gasteiger partial charge in [-0.15, -0.1) is 0 Å². The molecule has 1 aliphatic rings. The van der Waals surface area contributed by atoms with Crippen molar-refractivity contribution in [3.8, 4) is 11.1 Å². The van der Waals surface area contributed by atoms with Gasteiger partial charge in [0.05, 0.1) is 12.3 Å². The fraction of sp³-hybridized carbons (Fsp3) is 0.222. The standard InChI is InChI=1S/C27H27NO/c1-4-29-18-25(27(28-19(2)3)20-12-6-5-7-13-20)26-23-16-10-8-14-21(23)22-15-9-11-17-24(22)26/h5-17,19H,4,18H2,1-3H3. The van der Waals surface area contributed by atoms with Crippen LogP contribution in [0.4, 0.5) is 0 Å². The summed E-state index contributed by atoms with van der Waals surface area (Å²) < 4.78 is 5.98. The van der Waals surface area contributed by atoms with E-state index in [1.165, 1.54) is 27.8 Å². The lowest BCUT2D eigenvalue weighted by molar-refractivity contribution is 0.174. The van der Waals surface area contributed by atoms with E-state index in [4.69, 9.17) is 9.73 Å². The van der Waals surface area contributed by atoms with E-state index in [1.54, 1.807) is 0 Å². The summed E-state index contributed by atoms with van der Waals surface area (Å²) in [6.45, 7) is 7.50. The molecule has 3 aromatic carbocycles. The van der Waals surface area contributed by atoms with Crippen LogP contribution in [0.2, 0.25) is 0 Å². The molecule has 29 heavy (non-hydrogen) atoms. The number of ether oxygens (including phenoxy) is 1. The van der Waals surface area contributed by atoms with Crippen LogP contribution in [-0.2, 0) is 4.74 Å². The molecule has 2 nitrogen and oxygen atoms in total. The number of rotatable bonds is 6. The first-order valence-electron chi connectivity index (χ1n) is 10.3. The molecular weight excluding hydrogens is 354 g/mol.